The third kappa shape index (κ3) is 3.12. The van der Waals surface area contributed by atoms with Gasteiger partial charge >= 0.3 is 6.18 Å². The lowest BCUT2D eigenvalue weighted by molar-refractivity contribution is -0.557. The Morgan fingerprint density at radius 2 is 1.86 bits per heavy atom. The Kier molecular flexibility index (Phi) is 4.71. The van der Waals surface area contributed by atoms with Crippen molar-refractivity contribution in [2.24, 2.45) is 17.8 Å². The Morgan fingerprint density at radius 3 is 2.59 bits per heavy atom. The van der Waals surface area contributed by atoms with Crippen molar-refractivity contribution < 1.29 is 37.2 Å². The molecule has 0 aromatic carbocycles. The normalized spacial score (nSPS) is 45.6. The largest absolute Gasteiger partial charge is 0.456 e. The number of allylic oxidation sites excluding steroid dienone is 1. The predicted octanol–water partition coefficient (Wildman–Crippen LogP) is 3.38. The molecule has 0 radical (unpaired) electrons. The average molecular weight is 419 g/mol. The Labute approximate surface area is 168 Å². The fourth-order valence-corrected chi connectivity index (χ4v) is 5.92. The quantitative estimate of drug-likeness (QED) is 0.640. The minimum Gasteiger partial charge on any atom is -0.456 e. The minimum absolute atomic E-state index is 0.0186. The SMILES string of the molecule is C[C@@H]1CC[C@H]2C(CN3CCOCC3)=C(C(F)(F)F)O[C@@H]3O[C@]4(C)CCC1C32OO4. The van der Waals surface area contributed by atoms with E-state index in [9.17, 15) is 13.2 Å². The van der Waals surface area contributed by atoms with Crippen LogP contribution >= 0.6 is 0 Å². The molecule has 6 aliphatic rings. The number of alkyl halides is 3. The van der Waals surface area contributed by atoms with E-state index in [2.05, 4.69) is 6.92 Å². The van der Waals surface area contributed by atoms with Gasteiger partial charge in [-0.05, 0) is 37.7 Å². The second-order valence-electron chi connectivity index (χ2n) is 9.21. The first kappa shape index (κ1) is 20.1. The molecule has 6 nitrogen and oxygen atoms in total. The molecule has 1 saturated carbocycles. The highest BCUT2D eigenvalue weighted by Crippen LogP contribution is 2.61. The van der Waals surface area contributed by atoms with E-state index in [1.54, 1.807) is 6.92 Å². The molecule has 2 bridgehead atoms. The molecule has 5 heterocycles. The van der Waals surface area contributed by atoms with Crippen molar-refractivity contribution in [1.82, 2.24) is 4.90 Å². The summed E-state index contributed by atoms with van der Waals surface area (Å²) < 4.78 is 59.3. The fraction of sp³-hybridized carbons (Fsp3) is 0.900. The Hall–Kier alpha value is -0.870. The zero-order valence-electron chi connectivity index (χ0n) is 16.8. The van der Waals surface area contributed by atoms with Crippen LogP contribution in [0.2, 0.25) is 0 Å². The number of ether oxygens (including phenoxy) is 3. The monoisotopic (exact) mass is 419 g/mol. The number of morpholine rings is 1. The van der Waals surface area contributed by atoms with E-state index in [1.807, 2.05) is 4.90 Å². The Balaban J connectivity index is 1.60. The van der Waals surface area contributed by atoms with Gasteiger partial charge < -0.3 is 14.2 Å². The number of hydrogen-bond donors (Lipinski definition) is 0. The Morgan fingerprint density at radius 1 is 1.10 bits per heavy atom. The number of rotatable bonds is 2. The van der Waals surface area contributed by atoms with Crippen LogP contribution in [-0.4, -0.2) is 61.6 Å². The van der Waals surface area contributed by atoms with Crippen LogP contribution < -0.4 is 0 Å². The number of fused-ring (bicyclic) bond motifs is 2. The smallest absolute Gasteiger partial charge is 0.449 e. The molecule has 2 unspecified atom stereocenters. The minimum atomic E-state index is -4.58. The summed E-state index contributed by atoms with van der Waals surface area (Å²) in [6.45, 7) is 6.29. The lowest BCUT2D eigenvalue weighted by Crippen LogP contribution is -2.67. The summed E-state index contributed by atoms with van der Waals surface area (Å²) in [5.74, 6) is -2.13. The van der Waals surface area contributed by atoms with E-state index in [-0.39, 0.29) is 18.0 Å². The van der Waals surface area contributed by atoms with Gasteiger partial charge in [-0.25, -0.2) is 9.78 Å². The molecule has 164 valence electrons. The van der Waals surface area contributed by atoms with Gasteiger partial charge in [-0.3, -0.25) is 4.90 Å². The van der Waals surface area contributed by atoms with Gasteiger partial charge in [0.15, 0.2) is 5.60 Å². The first-order valence-electron chi connectivity index (χ1n) is 10.5. The van der Waals surface area contributed by atoms with Crippen LogP contribution in [0.15, 0.2) is 11.3 Å². The van der Waals surface area contributed by atoms with Gasteiger partial charge in [0.2, 0.25) is 17.8 Å². The van der Waals surface area contributed by atoms with Gasteiger partial charge in [-0.1, -0.05) is 6.92 Å². The molecule has 0 aromatic rings. The second kappa shape index (κ2) is 6.82. The molecule has 9 heteroatoms. The fourth-order valence-electron chi connectivity index (χ4n) is 5.92. The maximum Gasteiger partial charge on any atom is 0.449 e. The average Bonchev–Trinajstić information content (AvgIpc) is 2.90. The summed E-state index contributed by atoms with van der Waals surface area (Å²) in [7, 11) is 0. The molecule has 1 aliphatic carbocycles. The van der Waals surface area contributed by atoms with Crippen LogP contribution in [0.5, 0.6) is 0 Å². The van der Waals surface area contributed by atoms with Gasteiger partial charge in [0.1, 0.15) is 0 Å². The lowest BCUT2D eigenvalue weighted by atomic mass is 9.59. The van der Waals surface area contributed by atoms with E-state index in [4.69, 9.17) is 24.0 Å². The first-order chi connectivity index (χ1) is 13.7. The molecule has 6 atom stereocenters. The summed E-state index contributed by atoms with van der Waals surface area (Å²) in [5, 5.41) is 0. The topological polar surface area (TPSA) is 49.4 Å². The number of hydrogen-bond acceptors (Lipinski definition) is 6. The summed E-state index contributed by atoms with van der Waals surface area (Å²) in [5.41, 5.74) is -0.769. The van der Waals surface area contributed by atoms with Crippen molar-refractivity contribution in [1.29, 1.82) is 0 Å². The Bertz CT molecular complexity index is 694. The molecule has 4 saturated heterocycles. The lowest BCUT2D eigenvalue weighted by Gasteiger charge is -2.57. The van der Waals surface area contributed by atoms with Gasteiger partial charge in [0.25, 0.3) is 0 Å². The molecule has 0 aromatic heterocycles. The maximum absolute atomic E-state index is 14.1. The highest BCUT2D eigenvalue weighted by molar-refractivity contribution is 5.29. The first-order valence-corrected chi connectivity index (χ1v) is 10.5. The third-order valence-corrected chi connectivity index (χ3v) is 7.41. The molecule has 6 rings (SSSR count). The zero-order chi connectivity index (χ0) is 20.4. The van der Waals surface area contributed by atoms with Crippen LogP contribution in [-0.2, 0) is 24.0 Å². The predicted molar refractivity (Wildman–Crippen MR) is 94.2 cm³/mol. The molecule has 0 amide bonds. The van der Waals surface area contributed by atoms with E-state index in [0.717, 1.165) is 12.8 Å². The van der Waals surface area contributed by atoms with Crippen LogP contribution in [0, 0.1) is 17.8 Å². The van der Waals surface area contributed by atoms with Crippen molar-refractivity contribution >= 4 is 0 Å². The highest BCUT2D eigenvalue weighted by Gasteiger charge is 2.70. The van der Waals surface area contributed by atoms with E-state index in [1.165, 1.54) is 0 Å². The van der Waals surface area contributed by atoms with Gasteiger partial charge in [0.05, 0.1) is 13.2 Å². The number of nitrogens with zero attached hydrogens (tertiary/aromatic N) is 1. The van der Waals surface area contributed by atoms with Crippen LogP contribution in [0.4, 0.5) is 13.2 Å². The van der Waals surface area contributed by atoms with Crippen LogP contribution in [0.1, 0.15) is 39.5 Å². The molecule has 29 heavy (non-hydrogen) atoms. The standard InChI is InChI=1S/C20H28F3NO5/c1-12-3-4-15-13(11-24-7-9-25-10-8-24)16(20(21,22)23)26-17-19(15)14(12)5-6-18(2,27-17)28-29-19/h12,14-15,17H,3-11H2,1-2H3/t12-,14?,15+,17-,18+,19?/m1/s1. The highest BCUT2D eigenvalue weighted by atomic mass is 19.4. The van der Waals surface area contributed by atoms with Gasteiger partial charge in [0, 0.05) is 37.9 Å². The van der Waals surface area contributed by atoms with Crippen molar-refractivity contribution in [3.8, 4) is 0 Å². The van der Waals surface area contributed by atoms with E-state index < -0.39 is 35.5 Å². The van der Waals surface area contributed by atoms with Crippen molar-refractivity contribution in [2.75, 3.05) is 32.8 Å². The maximum atomic E-state index is 14.1. The molecular weight excluding hydrogens is 391 g/mol. The molecular formula is C20H28F3NO5. The summed E-state index contributed by atoms with van der Waals surface area (Å²) in [6.07, 6.45) is -2.91. The molecule has 5 aliphatic heterocycles. The number of halogens is 3. The van der Waals surface area contributed by atoms with Crippen LogP contribution in [0.3, 0.4) is 0 Å². The summed E-state index contributed by atoms with van der Waals surface area (Å²) in [6, 6.07) is 0. The second-order valence-corrected chi connectivity index (χ2v) is 9.21. The zero-order valence-corrected chi connectivity index (χ0v) is 16.8. The van der Waals surface area contributed by atoms with E-state index in [0.29, 0.717) is 45.1 Å². The molecule has 5 fully saturated rings. The van der Waals surface area contributed by atoms with Crippen molar-refractivity contribution in [3.63, 3.8) is 0 Å². The van der Waals surface area contributed by atoms with Crippen molar-refractivity contribution in [2.45, 2.75) is 63.4 Å². The van der Waals surface area contributed by atoms with Crippen molar-refractivity contribution in [3.05, 3.63) is 11.3 Å². The molecule has 1 spiro atoms. The molecule has 0 N–H and O–H groups in total. The van der Waals surface area contributed by atoms with E-state index >= 15 is 0 Å². The van der Waals surface area contributed by atoms with Crippen LogP contribution in [0.25, 0.3) is 0 Å². The summed E-state index contributed by atoms with van der Waals surface area (Å²) >= 11 is 0. The summed E-state index contributed by atoms with van der Waals surface area (Å²) in [4.78, 5) is 13.7. The third-order valence-electron chi connectivity index (χ3n) is 7.41. The van der Waals surface area contributed by atoms with Gasteiger partial charge in [-0.2, -0.15) is 13.2 Å². The van der Waals surface area contributed by atoms with Gasteiger partial charge in [-0.15, -0.1) is 0 Å².